The third kappa shape index (κ3) is 4.09. The second-order valence-corrected chi connectivity index (χ2v) is 4.91. The minimum absolute atomic E-state index is 0.467. The van der Waals surface area contributed by atoms with Crippen LogP contribution in [0.15, 0.2) is 18.5 Å². The Morgan fingerprint density at radius 1 is 1.53 bits per heavy atom. The molecule has 0 fully saturated rings. The average molecular weight is 292 g/mol. The molecule has 1 rings (SSSR count). The summed E-state index contributed by atoms with van der Waals surface area (Å²) in [5, 5.41) is 5.14. The van der Waals surface area contributed by atoms with Crippen molar-refractivity contribution < 1.29 is 0 Å². The lowest BCUT2D eigenvalue weighted by Crippen LogP contribution is -2.34. The molecule has 2 nitrogen and oxygen atoms in total. The third-order valence-corrected chi connectivity index (χ3v) is 3.42. The molecule has 1 aromatic rings. The lowest BCUT2D eigenvalue weighted by atomic mass is 10.1. The van der Waals surface area contributed by atoms with E-state index in [0.29, 0.717) is 12.0 Å². The third-order valence-electron chi connectivity index (χ3n) is 2.38. The van der Waals surface area contributed by atoms with Crippen molar-refractivity contribution in [3.63, 3.8) is 0 Å². The van der Waals surface area contributed by atoms with Crippen molar-refractivity contribution in [2.75, 3.05) is 5.33 Å². The second-order valence-electron chi connectivity index (χ2n) is 3.85. The highest BCUT2D eigenvalue weighted by Gasteiger charge is 2.11. The zero-order valence-corrected chi connectivity index (χ0v) is 11.3. The molecule has 0 radical (unpaired) electrons. The number of pyridine rings is 1. The van der Waals surface area contributed by atoms with Gasteiger partial charge in [-0.05, 0) is 17.5 Å². The van der Waals surface area contributed by atoms with Gasteiger partial charge in [-0.15, -0.1) is 0 Å². The first-order valence-corrected chi connectivity index (χ1v) is 6.52. The van der Waals surface area contributed by atoms with Gasteiger partial charge in [-0.1, -0.05) is 41.4 Å². The molecule has 0 amide bonds. The normalized spacial score (nSPS) is 13.1. The maximum absolute atomic E-state index is 6.02. The number of aromatic nitrogens is 1. The fraction of sp³-hybridized carbons (Fsp3) is 0.545. The molecule has 15 heavy (non-hydrogen) atoms. The van der Waals surface area contributed by atoms with E-state index in [4.69, 9.17) is 11.6 Å². The molecule has 0 saturated carbocycles. The molecule has 1 unspecified atom stereocenters. The second kappa shape index (κ2) is 6.46. The van der Waals surface area contributed by atoms with Crippen molar-refractivity contribution in [2.24, 2.45) is 5.92 Å². The minimum atomic E-state index is 0.467. The first kappa shape index (κ1) is 12.9. The number of nitrogens with zero attached hydrogens (tertiary/aromatic N) is 1. The fourth-order valence-corrected chi connectivity index (χ4v) is 2.42. The highest BCUT2D eigenvalue weighted by atomic mass is 79.9. The molecule has 4 heteroatoms. The van der Waals surface area contributed by atoms with E-state index < -0.39 is 0 Å². The van der Waals surface area contributed by atoms with Crippen LogP contribution in [0.5, 0.6) is 0 Å². The van der Waals surface area contributed by atoms with Crippen molar-refractivity contribution in [1.29, 1.82) is 0 Å². The summed E-state index contributed by atoms with van der Waals surface area (Å²) in [7, 11) is 0. The van der Waals surface area contributed by atoms with Gasteiger partial charge in [0.25, 0.3) is 0 Å². The summed E-state index contributed by atoms with van der Waals surface area (Å²) < 4.78 is 0. The predicted octanol–water partition coefficient (Wildman–Crippen LogP) is 3.24. The Labute approximate surface area is 105 Å². The topological polar surface area (TPSA) is 24.9 Å². The number of alkyl halides is 1. The number of halogens is 2. The van der Waals surface area contributed by atoms with Crippen LogP contribution >= 0.6 is 27.5 Å². The van der Waals surface area contributed by atoms with E-state index in [0.717, 1.165) is 22.5 Å². The van der Waals surface area contributed by atoms with Gasteiger partial charge in [0.1, 0.15) is 0 Å². The van der Waals surface area contributed by atoms with Gasteiger partial charge in [0, 0.05) is 30.3 Å². The SMILES string of the molecule is CC(C)C(CBr)NCc1ccncc1Cl. The molecule has 0 aliphatic rings. The quantitative estimate of drug-likeness (QED) is 0.843. The smallest absolute Gasteiger partial charge is 0.0634 e. The van der Waals surface area contributed by atoms with Crippen LogP contribution in [0.25, 0.3) is 0 Å². The summed E-state index contributed by atoms with van der Waals surface area (Å²) in [5.41, 5.74) is 1.10. The summed E-state index contributed by atoms with van der Waals surface area (Å²) >= 11 is 9.52. The van der Waals surface area contributed by atoms with Crippen molar-refractivity contribution in [3.05, 3.63) is 29.0 Å². The van der Waals surface area contributed by atoms with E-state index in [9.17, 15) is 0 Å². The van der Waals surface area contributed by atoms with Gasteiger partial charge in [-0.25, -0.2) is 0 Å². The van der Waals surface area contributed by atoms with Crippen LogP contribution < -0.4 is 5.32 Å². The summed E-state index contributed by atoms with van der Waals surface area (Å²) in [5.74, 6) is 0.602. The Bertz CT molecular complexity index is 304. The van der Waals surface area contributed by atoms with E-state index in [-0.39, 0.29) is 0 Å². The number of nitrogens with one attached hydrogen (secondary N) is 1. The number of hydrogen-bond donors (Lipinski definition) is 1. The molecule has 1 aromatic heterocycles. The molecule has 1 atom stereocenters. The van der Waals surface area contributed by atoms with E-state index in [2.05, 4.69) is 40.1 Å². The van der Waals surface area contributed by atoms with Crippen LogP contribution in [0.4, 0.5) is 0 Å². The van der Waals surface area contributed by atoms with Gasteiger partial charge in [-0.2, -0.15) is 0 Å². The van der Waals surface area contributed by atoms with E-state index in [1.54, 1.807) is 12.4 Å². The minimum Gasteiger partial charge on any atom is -0.309 e. The highest BCUT2D eigenvalue weighted by molar-refractivity contribution is 9.09. The van der Waals surface area contributed by atoms with Crippen LogP contribution in [-0.2, 0) is 6.54 Å². The van der Waals surface area contributed by atoms with E-state index in [1.807, 2.05) is 6.07 Å². The summed E-state index contributed by atoms with van der Waals surface area (Å²) in [6.07, 6.45) is 3.44. The first-order valence-electron chi connectivity index (χ1n) is 5.03. The summed E-state index contributed by atoms with van der Waals surface area (Å²) in [4.78, 5) is 3.96. The zero-order valence-electron chi connectivity index (χ0n) is 9.00. The van der Waals surface area contributed by atoms with Gasteiger partial charge in [0.15, 0.2) is 0 Å². The Morgan fingerprint density at radius 3 is 2.80 bits per heavy atom. The standard InChI is InChI=1S/C11H16BrClN2/c1-8(2)11(5-12)15-6-9-3-4-14-7-10(9)13/h3-4,7-8,11,15H,5-6H2,1-2H3. The summed E-state index contributed by atoms with van der Waals surface area (Å²) in [6.45, 7) is 5.19. The van der Waals surface area contributed by atoms with E-state index in [1.165, 1.54) is 0 Å². The Morgan fingerprint density at radius 2 is 2.27 bits per heavy atom. The van der Waals surface area contributed by atoms with Crippen LogP contribution in [0.1, 0.15) is 19.4 Å². The zero-order chi connectivity index (χ0) is 11.3. The van der Waals surface area contributed by atoms with Crippen LogP contribution in [0.2, 0.25) is 5.02 Å². The molecule has 0 saturated heterocycles. The fourth-order valence-electron chi connectivity index (χ4n) is 1.26. The van der Waals surface area contributed by atoms with Gasteiger partial charge in [0.05, 0.1) is 5.02 Å². The number of rotatable bonds is 5. The first-order chi connectivity index (χ1) is 7.15. The van der Waals surface area contributed by atoms with Crippen molar-refractivity contribution in [2.45, 2.75) is 26.4 Å². The molecular weight excluding hydrogens is 275 g/mol. The predicted molar refractivity (Wildman–Crippen MR) is 68.5 cm³/mol. The molecule has 0 aliphatic heterocycles. The molecule has 1 heterocycles. The molecule has 0 bridgehead atoms. The monoisotopic (exact) mass is 290 g/mol. The van der Waals surface area contributed by atoms with Crippen molar-refractivity contribution >= 4 is 27.5 Å². The molecule has 1 N–H and O–H groups in total. The Hall–Kier alpha value is -0.120. The van der Waals surface area contributed by atoms with Gasteiger partial charge < -0.3 is 5.32 Å². The molecular formula is C11H16BrClN2. The van der Waals surface area contributed by atoms with Crippen LogP contribution in [-0.4, -0.2) is 16.4 Å². The van der Waals surface area contributed by atoms with Crippen molar-refractivity contribution in [3.8, 4) is 0 Å². The Kier molecular flexibility index (Phi) is 5.58. The van der Waals surface area contributed by atoms with E-state index >= 15 is 0 Å². The molecule has 0 aromatic carbocycles. The van der Waals surface area contributed by atoms with Gasteiger partial charge in [-0.3, -0.25) is 4.98 Å². The lowest BCUT2D eigenvalue weighted by molar-refractivity contribution is 0.434. The lowest BCUT2D eigenvalue weighted by Gasteiger charge is -2.20. The average Bonchev–Trinajstić information content (AvgIpc) is 2.21. The van der Waals surface area contributed by atoms with Gasteiger partial charge in [0.2, 0.25) is 0 Å². The summed E-state index contributed by atoms with van der Waals surface area (Å²) in [6, 6.07) is 2.41. The molecule has 84 valence electrons. The Balaban J connectivity index is 2.53. The van der Waals surface area contributed by atoms with Crippen molar-refractivity contribution in [1.82, 2.24) is 10.3 Å². The highest BCUT2D eigenvalue weighted by Crippen LogP contribution is 2.14. The maximum atomic E-state index is 6.02. The maximum Gasteiger partial charge on any atom is 0.0634 e. The molecule has 0 aliphatic carbocycles. The van der Waals surface area contributed by atoms with Crippen LogP contribution in [0, 0.1) is 5.92 Å². The molecule has 0 spiro atoms. The largest absolute Gasteiger partial charge is 0.309 e. The van der Waals surface area contributed by atoms with Crippen LogP contribution in [0.3, 0.4) is 0 Å². The van der Waals surface area contributed by atoms with Gasteiger partial charge >= 0.3 is 0 Å². The number of hydrogen-bond acceptors (Lipinski definition) is 2.